The lowest BCUT2D eigenvalue weighted by atomic mass is 10.0. The summed E-state index contributed by atoms with van der Waals surface area (Å²) < 4.78 is 24.5. The average molecular weight is 417 g/mol. The van der Waals surface area contributed by atoms with Gasteiger partial charge in [0, 0.05) is 35.7 Å². The molecule has 9 heteroatoms. The van der Waals surface area contributed by atoms with Crippen molar-refractivity contribution >= 4 is 39.0 Å². The van der Waals surface area contributed by atoms with Crippen LogP contribution in [0.25, 0.3) is 11.6 Å². The molecule has 1 aliphatic heterocycles. The highest BCUT2D eigenvalue weighted by atomic mass is 32.2. The first-order chi connectivity index (χ1) is 13.7. The number of carbonyl (C=O) groups excluding carboxylic acids is 2. The number of benzene rings is 1. The van der Waals surface area contributed by atoms with Crippen molar-refractivity contribution in [3.63, 3.8) is 0 Å². The molecule has 0 fully saturated rings. The number of H-pyrrole nitrogens is 1. The summed E-state index contributed by atoms with van der Waals surface area (Å²) in [5.74, 6) is -0.589. The molecule has 3 rings (SSSR count). The molecule has 2 heterocycles. The molecule has 0 saturated heterocycles. The summed E-state index contributed by atoms with van der Waals surface area (Å²) >= 11 is 0. The van der Waals surface area contributed by atoms with E-state index in [2.05, 4.69) is 15.6 Å². The Labute approximate surface area is 169 Å². The first kappa shape index (κ1) is 20.8. The maximum Gasteiger partial charge on any atom is 0.256 e. The molecule has 2 amide bonds. The van der Waals surface area contributed by atoms with Crippen LogP contribution in [0.1, 0.15) is 39.8 Å². The van der Waals surface area contributed by atoms with E-state index in [1.54, 1.807) is 32.9 Å². The lowest BCUT2D eigenvalue weighted by molar-refractivity contribution is -0.110. The quantitative estimate of drug-likeness (QED) is 0.531. The van der Waals surface area contributed by atoms with Gasteiger partial charge in [0.05, 0.1) is 21.8 Å². The first-order valence-corrected chi connectivity index (χ1v) is 10.9. The SMILES string of the molecule is CCS(=O)(=O)c1ccc2c(c1)/C(=C/c1[nH]c(C)c(C(=O)NCCN)c1C)C(=O)N2. The lowest BCUT2D eigenvalue weighted by Gasteiger charge is -2.05. The number of sulfone groups is 1. The Kier molecular flexibility index (Phi) is 5.63. The fourth-order valence-electron chi connectivity index (χ4n) is 3.35. The van der Waals surface area contributed by atoms with Crippen molar-refractivity contribution in [2.45, 2.75) is 25.7 Å². The topological polar surface area (TPSA) is 134 Å². The Morgan fingerprint density at radius 1 is 1.28 bits per heavy atom. The maximum absolute atomic E-state index is 12.5. The summed E-state index contributed by atoms with van der Waals surface area (Å²) in [4.78, 5) is 28.2. The molecule has 0 spiro atoms. The molecule has 0 saturated carbocycles. The number of nitrogens with one attached hydrogen (secondary N) is 3. The number of fused-ring (bicyclic) bond motifs is 1. The van der Waals surface area contributed by atoms with Gasteiger partial charge < -0.3 is 21.4 Å². The van der Waals surface area contributed by atoms with Crippen molar-refractivity contribution in [1.29, 1.82) is 0 Å². The second-order valence-electron chi connectivity index (χ2n) is 6.83. The molecule has 8 nitrogen and oxygen atoms in total. The summed E-state index contributed by atoms with van der Waals surface area (Å²) in [6, 6.07) is 4.60. The van der Waals surface area contributed by atoms with Crippen molar-refractivity contribution in [2.75, 3.05) is 24.2 Å². The maximum atomic E-state index is 12.5. The predicted molar refractivity (Wildman–Crippen MR) is 112 cm³/mol. The lowest BCUT2D eigenvalue weighted by Crippen LogP contribution is -2.29. The Morgan fingerprint density at radius 2 is 2.00 bits per heavy atom. The van der Waals surface area contributed by atoms with Gasteiger partial charge in [0.15, 0.2) is 9.84 Å². The van der Waals surface area contributed by atoms with Gasteiger partial charge in [-0.15, -0.1) is 0 Å². The fraction of sp³-hybridized carbons (Fsp3) is 0.300. The van der Waals surface area contributed by atoms with Gasteiger partial charge in [-0.05, 0) is 43.7 Å². The monoisotopic (exact) mass is 416 g/mol. The van der Waals surface area contributed by atoms with E-state index in [0.717, 1.165) is 0 Å². The molecule has 0 atom stereocenters. The minimum Gasteiger partial charge on any atom is -0.358 e. The number of aryl methyl sites for hydroxylation is 1. The molecule has 154 valence electrons. The van der Waals surface area contributed by atoms with E-state index >= 15 is 0 Å². The van der Waals surface area contributed by atoms with E-state index in [0.29, 0.717) is 52.4 Å². The van der Waals surface area contributed by atoms with Crippen LogP contribution < -0.4 is 16.4 Å². The molecule has 29 heavy (non-hydrogen) atoms. The molecule has 0 bridgehead atoms. The summed E-state index contributed by atoms with van der Waals surface area (Å²) in [7, 11) is -3.40. The minimum absolute atomic E-state index is 0.0254. The highest BCUT2D eigenvalue weighted by molar-refractivity contribution is 7.91. The second kappa shape index (κ2) is 7.84. The molecular formula is C20H24N4O4S. The van der Waals surface area contributed by atoms with E-state index in [-0.39, 0.29) is 22.5 Å². The number of rotatable bonds is 6. The van der Waals surface area contributed by atoms with Gasteiger partial charge in [-0.3, -0.25) is 9.59 Å². The summed E-state index contributed by atoms with van der Waals surface area (Å²) in [6.07, 6.45) is 1.64. The van der Waals surface area contributed by atoms with Crippen LogP contribution in [-0.2, 0) is 14.6 Å². The number of hydrogen-bond acceptors (Lipinski definition) is 5. The Hall–Kier alpha value is -2.91. The zero-order valence-electron chi connectivity index (χ0n) is 16.5. The van der Waals surface area contributed by atoms with Crippen molar-refractivity contribution in [3.8, 4) is 0 Å². The number of carbonyl (C=O) groups is 2. The van der Waals surface area contributed by atoms with E-state index in [9.17, 15) is 18.0 Å². The van der Waals surface area contributed by atoms with Crippen LogP contribution >= 0.6 is 0 Å². The van der Waals surface area contributed by atoms with Crippen molar-refractivity contribution in [3.05, 3.63) is 46.3 Å². The average Bonchev–Trinajstić information content (AvgIpc) is 3.15. The number of nitrogens with two attached hydrogens (primary N) is 1. The number of aromatic amines is 1. The van der Waals surface area contributed by atoms with Crippen molar-refractivity contribution in [1.82, 2.24) is 10.3 Å². The van der Waals surface area contributed by atoms with Crippen molar-refractivity contribution < 1.29 is 18.0 Å². The van der Waals surface area contributed by atoms with Crippen LogP contribution in [0, 0.1) is 13.8 Å². The van der Waals surface area contributed by atoms with Crippen molar-refractivity contribution in [2.24, 2.45) is 5.73 Å². The van der Waals surface area contributed by atoms with Crippen LogP contribution in [0.15, 0.2) is 23.1 Å². The molecule has 0 aliphatic carbocycles. The summed E-state index contributed by atoms with van der Waals surface area (Å²) in [6.45, 7) is 5.85. The smallest absolute Gasteiger partial charge is 0.256 e. The largest absolute Gasteiger partial charge is 0.358 e. The standard InChI is InChI=1S/C20H24N4O4S/c1-4-29(27,28)13-5-6-16-14(9-13)15(19(25)24-16)10-17-11(2)18(12(3)23-17)20(26)22-8-7-21/h5-6,9-10,23H,4,7-8,21H2,1-3H3,(H,22,26)(H,24,25)/b15-10-. The van der Waals surface area contributed by atoms with E-state index in [1.165, 1.54) is 12.1 Å². The van der Waals surface area contributed by atoms with Gasteiger partial charge in [0.25, 0.3) is 11.8 Å². The van der Waals surface area contributed by atoms with Gasteiger partial charge in [-0.1, -0.05) is 6.92 Å². The number of hydrogen-bond donors (Lipinski definition) is 4. The summed E-state index contributed by atoms with van der Waals surface area (Å²) in [5, 5.41) is 5.49. The second-order valence-corrected chi connectivity index (χ2v) is 9.11. The van der Waals surface area contributed by atoms with Gasteiger partial charge >= 0.3 is 0 Å². The van der Waals surface area contributed by atoms with Crippen LogP contribution in [-0.4, -0.2) is 44.1 Å². The third kappa shape index (κ3) is 3.83. The number of aromatic nitrogens is 1. The Balaban J connectivity index is 2.06. The predicted octanol–water partition coefficient (Wildman–Crippen LogP) is 1.61. The van der Waals surface area contributed by atoms with Crippen LogP contribution in [0.2, 0.25) is 0 Å². The van der Waals surface area contributed by atoms with Gasteiger partial charge in [-0.25, -0.2) is 8.42 Å². The summed E-state index contributed by atoms with van der Waals surface area (Å²) in [5.41, 5.74) is 9.34. The van der Waals surface area contributed by atoms with E-state index in [4.69, 9.17) is 5.73 Å². The third-order valence-corrected chi connectivity index (χ3v) is 6.67. The normalized spacial score (nSPS) is 14.8. The Morgan fingerprint density at radius 3 is 2.66 bits per heavy atom. The number of amides is 2. The third-order valence-electron chi connectivity index (χ3n) is 4.93. The molecule has 1 aliphatic rings. The molecule has 1 aromatic carbocycles. The van der Waals surface area contributed by atoms with Gasteiger partial charge in [-0.2, -0.15) is 0 Å². The zero-order valence-corrected chi connectivity index (χ0v) is 17.4. The van der Waals surface area contributed by atoms with E-state index < -0.39 is 9.84 Å². The van der Waals surface area contributed by atoms with Gasteiger partial charge in [0.1, 0.15) is 0 Å². The first-order valence-electron chi connectivity index (χ1n) is 9.27. The Bertz CT molecular complexity index is 1130. The fourth-order valence-corrected chi connectivity index (χ4v) is 4.25. The highest BCUT2D eigenvalue weighted by Crippen LogP contribution is 2.35. The molecule has 1 aromatic heterocycles. The van der Waals surface area contributed by atoms with E-state index in [1.807, 2.05) is 0 Å². The van der Waals surface area contributed by atoms with Crippen LogP contribution in [0.5, 0.6) is 0 Å². The van der Waals surface area contributed by atoms with Crippen LogP contribution in [0.4, 0.5) is 5.69 Å². The number of anilines is 1. The molecule has 5 N–H and O–H groups in total. The molecule has 2 aromatic rings. The molecule has 0 unspecified atom stereocenters. The zero-order chi connectivity index (χ0) is 21.3. The van der Waals surface area contributed by atoms with Crippen LogP contribution in [0.3, 0.4) is 0 Å². The minimum atomic E-state index is -3.40. The molecule has 0 radical (unpaired) electrons. The molecular weight excluding hydrogens is 392 g/mol. The van der Waals surface area contributed by atoms with Gasteiger partial charge in [0.2, 0.25) is 0 Å². The highest BCUT2D eigenvalue weighted by Gasteiger charge is 2.27.